The van der Waals surface area contributed by atoms with Crippen LogP contribution >= 0.6 is 27.3 Å². The third-order valence-corrected chi connectivity index (χ3v) is 2.89. The first-order valence-electron chi connectivity index (χ1n) is 3.43. The Morgan fingerprint density at radius 1 is 1.70 bits per heavy atom. The van der Waals surface area contributed by atoms with Crippen molar-refractivity contribution < 1.29 is 0 Å². The Kier molecular flexibility index (Phi) is 3.35. The van der Waals surface area contributed by atoms with Gasteiger partial charge in [-0.15, -0.1) is 11.3 Å². The summed E-state index contributed by atoms with van der Waals surface area (Å²) in [5, 5.41) is 3.28. The molecule has 0 aliphatic carbocycles. The summed E-state index contributed by atoms with van der Waals surface area (Å²) in [7, 11) is 0. The zero-order valence-electron chi connectivity index (χ0n) is 5.93. The van der Waals surface area contributed by atoms with Gasteiger partial charge in [0.1, 0.15) is 4.60 Å². The summed E-state index contributed by atoms with van der Waals surface area (Å²) in [6, 6.07) is 0. The Morgan fingerprint density at radius 2 is 2.50 bits per heavy atom. The van der Waals surface area contributed by atoms with Crippen LogP contribution in [0, 0.1) is 0 Å². The van der Waals surface area contributed by atoms with E-state index < -0.39 is 0 Å². The Labute approximate surface area is 73.6 Å². The molecule has 0 aliphatic heterocycles. The van der Waals surface area contributed by atoms with Crippen molar-refractivity contribution in [1.82, 2.24) is 4.98 Å². The van der Waals surface area contributed by atoms with Crippen LogP contribution in [0.1, 0.15) is 24.8 Å². The number of rotatable bonds is 3. The summed E-state index contributed by atoms with van der Waals surface area (Å²) >= 11 is 5.05. The average Bonchev–Trinajstić information content (AvgIpc) is 2.31. The van der Waals surface area contributed by atoms with Gasteiger partial charge >= 0.3 is 0 Å². The minimum absolute atomic E-state index is 0.976. The Balaban J connectivity index is 2.42. The van der Waals surface area contributed by atoms with Crippen LogP contribution in [0.4, 0.5) is 0 Å². The van der Waals surface area contributed by atoms with E-state index in [0.717, 1.165) is 11.0 Å². The fourth-order valence-electron chi connectivity index (χ4n) is 0.731. The number of nitrogens with zero attached hydrogens (tertiary/aromatic N) is 1. The Morgan fingerprint density at radius 3 is 3.00 bits per heavy atom. The molecule has 0 atom stereocenters. The van der Waals surface area contributed by atoms with Gasteiger partial charge in [-0.25, -0.2) is 4.98 Å². The molecule has 1 rings (SSSR count). The standard InChI is InChI=1S/C7H10BrNS/c1-2-3-4-7-9-6(8)5-10-7/h5H,2-4H2,1H3. The molecule has 1 aromatic heterocycles. The molecular weight excluding hydrogens is 210 g/mol. The first-order chi connectivity index (χ1) is 4.83. The molecule has 1 nitrogen and oxygen atoms in total. The molecule has 0 bridgehead atoms. The van der Waals surface area contributed by atoms with Crippen molar-refractivity contribution in [2.75, 3.05) is 0 Å². The normalized spacial score (nSPS) is 10.2. The molecule has 3 heteroatoms. The second-order valence-electron chi connectivity index (χ2n) is 2.17. The van der Waals surface area contributed by atoms with Gasteiger partial charge in [0.05, 0.1) is 5.01 Å². The second kappa shape index (κ2) is 4.09. The van der Waals surface area contributed by atoms with E-state index in [9.17, 15) is 0 Å². The van der Waals surface area contributed by atoms with Gasteiger partial charge < -0.3 is 0 Å². The van der Waals surface area contributed by atoms with Gasteiger partial charge in [-0.05, 0) is 28.8 Å². The molecule has 0 spiro atoms. The highest BCUT2D eigenvalue weighted by Crippen LogP contribution is 2.16. The molecule has 0 saturated carbocycles. The van der Waals surface area contributed by atoms with Crippen LogP contribution in [0.2, 0.25) is 0 Å². The van der Waals surface area contributed by atoms with Gasteiger partial charge in [0, 0.05) is 5.38 Å². The Bertz CT molecular complexity index is 197. The molecule has 1 heterocycles. The Hall–Kier alpha value is 0.110. The smallest absolute Gasteiger partial charge is 0.117 e. The van der Waals surface area contributed by atoms with Crippen LogP contribution in [-0.4, -0.2) is 4.98 Å². The summed E-state index contributed by atoms with van der Waals surface area (Å²) < 4.78 is 0.976. The van der Waals surface area contributed by atoms with Crippen molar-refractivity contribution >= 4 is 27.3 Å². The number of thiazole rings is 1. The predicted octanol–water partition coefficient (Wildman–Crippen LogP) is 3.25. The molecule has 0 N–H and O–H groups in total. The van der Waals surface area contributed by atoms with Crippen LogP contribution in [0.15, 0.2) is 9.98 Å². The quantitative estimate of drug-likeness (QED) is 0.761. The lowest BCUT2D eigenvalue weighted by Crippen LogP contribution is -1.81. The van der Waals surface area contributed by atoms with E-state index in [1.54, 1.807) is 11.3 Å². The van der Waals surface area contributed by atoms with Gasteiger partial charge in [0.25, 0.3) is 0 Å². The summed E-state index contributed by atoms with van der Waals surface area (Å²) in [5.74, 6) is 0. The lowest BCUT2D eigenvalue weighted by Gasteiger charge is -1.89. The van der Waals surface area contributed by atoms with Gasteiger partial charge in [-0.2, -0.15) is 0 Å². The van der Waals surface area contributed by atoms with Gasteiger partial charge in [0.15, 0.2) is 0 Å². The van der Waals surface area contributed by atoms with Crippen molar-refractivity contribution in [1.29, 1.82) is 0 Å². The summed E-state index contributed by atoms with van der Waals surface area (Å²) in [6.45, 7) is 2.20. The van der Waals surface area contributed by atoms with Crippen molar-refractivity contribution in [3.63, 3.8) is 0 Å². The van der Waals surface area contributed by atoms with Crippen LogP contribution in [0.25, 0.3) is 0 Å². The monoisotopic (exact) mass is 219 g/mol. The number of aromatic nitrogens is 1. The molecule has 0 aliphatic rings. The minimum Gasteiger partial charge on any atom is -0.234 e. The highest BCUT2D eigenvalue weighted by Gasteiger charge is 1.96. The van der Waals surface area contributed by atoms with Crippen molar-refractivity contribution in [3.8, 4) is 0 Å². The lowest BCUT2D eigenvalue weighted by atomic mass is 10.3. The molecular formula is C7H10BrNS. The van der Waals surface area contributed by atoms with E-state index in [1.165, 1.54) is 17.8 Å². The molecule has 1 aromatic rings. The van der Waals surface area contributed by atoms with Gasteiger partial charge in [0.2, 0.25) is 0 Å². The maximum absolute atomic E-state index is 4.28. The number of aryl methyl sites for hydroxylation is 1. The van der Waals surface area contributed by atoms with Gasteiger partial charge in [-0.3, -0.25) is 0 Å². The van der Waals surface area contributed by atoms with E-state index in [0.29, 0.717) is 0 Å². The molecule has 0 aromatic carbocycles. The first-order valence-corrected chi connectivity index (χ1v) is 5.10. The maximum atomic E-state index is 4.28. The van der Waals surface area contributed by atoms with Crippen molar-refractivity contribution in [2.45, 2.75) is 26.2 Å². The highest BCUT2D eigenvalue weighted by molar-refractivity contribution is 9.10. The molecule has 0 saturated heterocycles. The van der Waals surface area contributed by atoms with E-state index >= 15 is 0 Å². The lowest BCUT2D eigenvalue weighted by molar-refractivity contribution is 0.789. The van der Waals surface area contributed by atoms with E-state index in [-0.39, 0.29) is 0 Å². The molecule has 0 amide bonds. The number of halogens is 1. The molecule has 0 unspecified atom stereocenters. The second-order valence-corrected chi connectivity index (χ2v) is 3.92. The first kappa shape index (κ1) is 8.21. The molecule has 0 fully saturated rings. The molecule has 56 valence electrons. The summed E-state index contributed by atoms with van der Waals surface area (Å²) in [6.07, 6.45) is 3.63. The van der Waals surface area contributed by atoms with Crippen LogP contribution < -0.4 is 0 Å². The van der Waals surface area contributed by atoms with Crippen LogP contribution in [0.3, 0.4) is 0 Å². The zero-order chi connectivity index (χ0) is 7.40. The third kappa shape index (κ3) is 2.39. The SMILES string of the molecule is CCCCc1nc(Br)cs1. The zero-order valence-corrected chi connectivity index (χ0v) is 8.33. The van der Waals surface area contributed by atoms with Crippen LogP contribution in [0.5, 0.6) is 0 Å². The van der Waals surface area contributed by atoms with Crippen LogP contribution in [-0.2, 0) is 6.42 Å². The van der Waals surface area contributed by atoms with E-state index in [2.05, 4.69) is 27.8 Å². The predicted molar refractivity (Wildman–Crippen MR) is 48.4 cm³/mol. The van der Waals surface area contributed by atoms with Crippen molar-refractivity contribution in [2.24, 2.45) is 0 Å². The fraction of sp³-hybridized carbons (Fsp3) is 0.571. The highest BCUT2D eigenvalue weighted by atomic mass is 79.9. The van der Waals surface area contributed by atoms with E-state index in [4.69, 9.17) is 0 Å². The minimum atomic E-state index is 0.976. The number of hydrogen-bond acceptors (Lipinski definition) is 2. The number of unbranched alkanes of at least 4 members (excludes halogenated alkanes) is 1. The third-order valence-electron chi connectivity index (χ3n) is 1.27. The maximum Gasteiger partial charge on any atom is 0.117 e. The fourth-order valence-corrected chi connectivity index (χ4v) is 2.04. The largest absolute Gasteiger partial charge is 0.234 e. The van der Waals surface area contributed by atoms with Gasteiger partial charge in [-0.1, -0.05) is 13.3 Å². The average molecular weight is 220 g/mol. The number of hydrogen-bond donors (Lipinski definition) is 0. The molecule has 0 radical (unpaired) electrons. The van der Waals surface area contributed by atoms with E-state index in [1.807, 2.05) is 5.38 Å². The summed E-state index contributed by atoms with van der Waals surface area (Å²) in [4.78, 5) is 4.28. The molecule has 10 heavy (non-hydrogen) atoms. The summed E-state index contributed by atoms with van der Waals surface area (Å²) in [5.41, 5.74) is 0. The topological polar surface area (TPSA) is 12.9 Å². The van der Waals surface area contributed by atoms with Crippen molar-refractivity contribution in [3.05, 3.63) is 15.0 Å².